The fraction of sp³-hybridized carbons (Fsp3) is 0.273. The minimum Gasteiger partial charge on any atom is -0.347 e. The normalized spacial score (nSPS) is 13.5. The molecule has 5 heteroatoms. The van der Waals surface area contributed by atoms with E-state index in [1.165, 1.54) is 29.0 Å². The number of aromatic nitrogens is 1. The minimum absolute atomic E-state index is 0.0141. The van der Waals surface area contributed by atoms with Crippen LogP contribution in [0.5, 0.6) is 0 Å². The van der Waals surface area contributed by atoms with E-state index >= 15 is 0 Å². The summed E-state index contributed by atoms with van der Waals surface area (Å²) in [5.41, 5.74) is 4.96. The number of urea groups is 1. The maximum atomic E-state index is 12.8. The highest BCUT2D eigenvalue weighted by Gasteiger charge is 2.22. The van der Waals surface area contributed by atoms with Crippen LogP contribution in [0.3, 0.4) is 0 Å². The molecule has 1 aliphatic heterocycles. The molecular weight excluding hydrogens is 338 g/mol. The maximum Gasteiger partial charge on any atom is 0.322 e. The molecule has 0 unspecified atom stereocenters. The first kappa shape index (κ1) is 17.3. The molecule has 3 aromatic rings. The number of aryl methyl sites for hydroxylation is 1. The van der Waals surface area contributed by atoms with Gasteiger partial charge in [-0.25, -0.2) is 4.79 Å². The SMILES string of the molecule is CCn1cc2c3c(cccc31)CN(C(=O)Nc1cccc(C(C)=O)c1)CC2. The highest BCUT2D eigenvalue weighted by Crippen LogP contribution is 2.29. The molecule has 0 fully saturated rings. The van der Waals surface area contributed by atoms with E-state index in [-0.39, 0.29) is 11.8 Å². The fourth-order valence-corrected chi connectivity index (χ4v) is 3.83. The summed E-state index contributed by atoms with van der Waals surface area (Å²) in [6, 6.07) is 13.2. The lowest BCUT2D eigenvalue weighted by Gasteiger charge is -2.22. The van der Waals surface area contributed by atoms with Crippen molar-refractivity contribution in [3.8, 4) is 0 Å². The molecule has 5 nitrogen and oxygen atoms in total. The molecular formula is C22H23N3O2. The Bertz CT molecular complexity index is 1040. The second kappa shape index (κ2) is 6.91. The van der Waals surface area contributed by atoms with Crippen molar-refractivity contribution in [1.29, 1.82) is 0 Å². The van der Waals surface area contributed by atoms with E-state index < -0.39 is 0 Å². The summed E-state index contributed by atoms with van der Waals surface area (Å²) >= 11 is 0. The molecule has 1 aromatic heterocycles. The number of rotatable bonds is 3. The molecule has 0 saturated carbocycles. The summed E-state index contributed by atoms with van der Waals surface area (Å²) in [5.74, 6) is -0.0141. The van der Waals surface area contributed by atoms with Gasteiger partial charge in [0.2, 0.25) is 0 Å². The number of benzene rings is 2. The molecule has 2 amide bonds. The lowest BCUT2D eigenvalue weighted by atomic mass is 10.1. The van der Waals surface area contributed by atoms with Crippen LogP contribution < -0.4 is 5.32 Å². The van der Waals surface area contributed by atoms with Gasteiger partial charge in [0, 0.05) is 48.0 Å². The Morgan fingerprint density at radius 1 is 1.11 bits per heavy atom. The third kappa shape index (κ3) is 3.21. The zero-order chi connectivity index (χ0) is 19.0. The van der Waals surface area contributed by atoms with Crippen molar-refractivity contribution in [2.24, 2.45) is 0 Å². The molecule has 1 aliphatic rings. The van der Waals surface area contributed by atoms with Gasteiger partial charge in [-0.05, 0) is 49.6 Å². The number of amides is 2. The number of carbonyl (C=O) groups excluding carboxylic acids is 2. The van der Waals surface area contributed by atoms with Gasteiger partial charge in [0.25, 0.3) is 0 Å². The molecule has 1 N–H and O–H groups in total. The van der Waals surface area contributed by atoms with Crippen LogP contribution in [0.15, 0.2) is 48.7 Å². The van der Waals surface area contributed by atoms with Gasteiger partial charge in [-0.15, -0.1) is 0 Å². The molecule has 0 radical (unpaired) electrons. The van der Waals surface area contributed by atoms with Crippen molar-refractivity contribution in [3.63, 3.8) is 0 Å². The summed E-state index contributed by atoms with van der Waals surface area (Å²) in [4.78, 5) is 26.2. The molecule has 2 aromatic carbocycles. The van der Waals surface area contributed by atoms with Crippen LogP contribution in [0.4, 0.5) is 10.5 Å². The third-order valence-corrected chi connectivity index (χ3v) is 5.23. The molecule has 27 heavy (non-hydrogen) atoms. The van der Waals surface area contributed by atoms with Crippen LogP contribution in [-0.4, -0.2) is 27.8 Å². The summed E-state index contributed by atoms with van der Waals surface area (Å²) in [7, 11) is 0. The summed E-state index contributed by atoms with van der Waals surface area (Å²) in [5, 5.41) is 4.22. The van der Waals surface area contributed by atoms with Gasteiger partial charge in [-0.2, -0.15) is 0 Å². The van der Waals surface area contributed by atoms with E-state index in [9.17, 15) is 9.59 Å². The number of nitrogens with one attached hydrogen (secondary N) is 1. The number of hydrogen-bond acceptors (Lipinski definition) is 2. The lowest BCUT2D eigenvalue weighted by molar-refractivity contribution is 0.101. The number of hydrogen-bond donors (Lipinski definition) is 1. The van der Waals surface area contributed by atoms with Gasteiger partial charge in [0.1, 0.15) is 0 Å². The van der Waals surface area contributed by atoms with Crippen molar-refractivity contribution in [1.82, 2.24) is 9.47 Å². The smallest absolute Gasteiger partial charge is 0.322 e. The summed E-state index contributed by atoms with van der Waals surface area (Å²) < 4.78 is 2.27. The molecule has 4 rings (SSSR count). The number of carbonyl (C=O) groups is 2. The molecule has 0 spiro atoms. The van der Waals surface area contributed by atoms with E-state index in [0.717, 1.165) is 13.0 Å². The van der Waals surface area contributed by atoms with Gasteiger partial charge < -0.3 is 14.8 Å². The second-order valence-corrected chi connectivity index (χ2v) is 6.99. The first-order valence-corrected chi connectivity index (χ1v) is 9.33. The van der Waals surface area contributed by atoms with Gasteiger partial charge in [-0.3, -0.25) is 4.79 Å². The van der Waals surface area contributed by atoms with Crippen molar-refractivity contribution >= 4 is 28.4 Å². The molecule has 0 bridgehead atoms. The number of Topliss-reactive ketones (excluding diaryl/α,β-unsaturated/α-hetero) is 1. The molecule has 0 saturated heterocycles. The van der Waals surface area contributed by atoms with Crippen LogP contribution in [0.25, 0.3) is 10.9 Å². The Morgan fingerprint density at radius 3 is 2.70 bits per heavy atom. The Hall–Kier alpha value is -3.08. The van der Waals surface area contributed by atoms with Gasteiger partial charge >= 0.3 is 6.03 Å². The standard InChI is InChI=1S/C22H23N3O2/c1-3-24-13-18-10-11-25(14-17-7-5-9-20(24)21(17)18)22(27)23-19-8-4-6-16(12-19)15(2)26/h4-9,12-13H,3,10-11,14H2,1-2H3,(H,23,27). The zero-order valence-electron chi connectivity index (χ0n) is 15.7. The van der Waals surface area contributed by atoms with Crippen molar-refractivity contribution in [3.05, 3.63) is 65.4 Å². The Balaban J connectivity index is 1.58. The number of nitrogens with zero attached hydrogens (tertiary/aromatic N) is 2. The molecule has 0 atom stereocenters. The van der Waals surface area contributed by atoms with Crippen molar-refractivity contribution in [2.75, 3.05) is 11.9 Å². The van der Waals surface area contributed by atoms with Crippen molar-refractivity contribution < 1.29 is 9.59 Å². The number of ketones is 1. The van der Waals surface area contributed by atoms with Crippen molar-refractivity contribution in [2.45, 2.75) is 33.4 Å². The van der Waals surface area contributed by atoms with Crippen LogP contribution in [0.1, 0.15) is 35.3 Å². The predicted octanol–water partition coefficient (Wildman–Crippen LogP) is 4.45. The van der Waals surface area contributed by atoms with E-state index in [2.05, 4.69) is 41.2 Å². The monoisotopic (exact) mass is 361 g/mol. The van der Waals surface area contributed by atoms with Gasteiger partial charge in [0.15, 0.2) is 5.78 Å². The van der Waals surface area contributed by atoms with E-state index in [1.54, 1.807) is 18.2 Å². The minimum atomic E-state index is -0.138. The average Bonchev–Trinajstić information content (AvgIpc) is 2.92. The molecule has 0 aliphatic carbocycles. The number of anilines is 1. The fourth-order valence-electron chi connectivity index (χ4n) is 3.83. The van der Waals surface area contributed by atoms with Crippen LogP contribution >= 0.6 is 0 Å². The lowest BCUT2D eigenvalue weighted by Crippen LogP contribution is -2.35. The largest absolute Gasteiger partial charge is 0.347 e. The molecule has 138 valence electrons. The van der Waals surface area contributed by atoms with E-state index in [0.29, 0.717) is 24.3 Å². The highest BCUT2D eigenvalue weighted by molar-refractivity contribution is 5.97. The Kier molecular flexibility index (Phi) is 4.44. The first-order valence-electron chi connectivity index (χ1n) is 9.33. The first-order chi connectivity index (χ1) is 13.1. The van der Waals surface area contributed by atoms with Gasteiger partial charge in [0.05, 0.1) is 0 Å². The zero-order valence-corrected chi connectivity index (χ0v) is 15.7. The average molecular weight is 361 g/mol. The maximum absolute atomic E-state index is 12.8. The topological polar surface area (TPSA) is 54.3 Å². The van der Waals surface area contributed by atoms with Crippen LogP contribution in [0, 0.1) is 0 Å². The van der Waals surface area contributed by atoms with E-state index in [4.69, 9.17) is 0 Å². The third-order valence-electron chi connectivity index (χ3n) is 5.23. The Labute approximate surface area is 158 Å². The Morgan fingerprint density at radius 2 is 1.93 bits per heavy atom. The quantitative estimate of drug-likeness (QED) is 0.701. The van der Waals surface area contributed by atoms with Crippen LogP contribution in [-0.2, 0) is 19.5 Å². The summed E-state index contributed by atoms with van der Waals surface area (Å²) in [6.07, 6.45) is 3.05. The summed E-state index contributed by atoms with van der Waals surface area (Å²) in [6.45, 7) is 5.86. The second-order valence-electron chi connectivity index (χ2n) is 6.99. The molecule has 2 heterocycles. The highest BCUT2D eigenvalue weighted by atomic mass is 16.2. The van der Waals surface area contributed by atoms with Crippen LogP contribution in [0.2, 0.25) is 0 Å². The van der Waals surface area contributed by atoms with E-state index in [1.807, 2.05) is 11.0 Å². The predicted molar refractivity (Wildman–Crippen MR) is 107 cm³/mol. The van der Waals surface area contributed by atoms with Gasteiger partial charge in [-0.1, -0.05) is 24.3 Å².